The standard InChI is InChI=1S/C18H18Cl2N2O3/c1-11(13-7-8-14(19)15(20)9-13)21-18(24)10-25-17-6-4-3-5-16(17)22-12(2)23/h3-9,11H,10H2,1-2H3,(H,21,24)(H,22,23)/t11-/m1/s1. The summed E-state index contributed by atoms with van der Waals surface area (Å²) >= 11 is 11.9. The first kappa shape index (κ1) is 19.1. The molecule has 0 fully saturated rings. The molecule has 2 rings (SSSR count). The highest BCUT2D eigenvalue weighted by Crippen LogP contribution is 2.26. The van der Waals surface area contributed by atoms with Gasteiger partial charge in [-0.15, -0.1) is 0 Å². The van der Waals surface area contributed by atoms with Crippen LogP contribution in [0.4, 0.5) is 5.69 Å². The van der Waals surface area contributed by atoms with Crippen molar-refractivity contribution in [3.05, 3.63) is 58.1 Å². The summed E-state index contributed by atoms with van der Waals surface area (Å²) in [6.45, 7) is 3.06. The van der Waals surface area contributed by atoms with Crippen LogP contribution >= 0.6 is 23.2 Å². The fourth-order valence-corrected chi connectivity index (χ4v) is 2.48. The largest absolute Gasteiger partial charge is 0.482 e. The summed E-state index contributed by atoms with van der Waals surface area (Å²) < 4.78 is 5.51. The third-order valence-electron chi connectivity index (χ3n) is 3.38. The maximum Gasteiger partial charge on any atom is 0.258 e. The monoisotopic (exact) mass is 380 g/mol. The molecule has 1 atom stereocenters. The number of hydrogen-bond donors (Lipinski definition) is 2. The molecule has 0 saturated carbocycles. The van der Waals surface area contributed by atoms with Crippen molar-refractivity contribution in [2.45, 2.75) is 19.9 Å². The number of carbonyl (C=O) groups excluding carboxylic acids is 2. The van der Waals surface area contributed by atoms with Crippen LogP contribution in [-0.2, 0) is 9.59 Å². The van der Waals surface area contributed by atoms with Crippen LogP contribution in [0.3, 0.4) is 0 Å². The fourth-order valence-electron chi connectivity index (χ4n) is 2.18. The molecule has 0 bridgehead atoms. The topological polar surface area (TPSA) is 67.4 Å². The molecule has 7 heteroatoms. The van der Waals surface area contributed by atoms with Crippen molar-refractivity contribution in [2.24, 2.45) is 0 Å². The van der Waals surface area contributed by atoms with Crippen LogP contribution in [0.5, 0.6) is 5.75 Å². The van der Waals surface area contributed by atoms with Crippen molar-refractivity contribution in [1.82, 2.24) is 5.32 Å². The van der Waals surface area contributed by atoms with E-state index in [1.165, 1.54) is 6.92 Å². The highest BCUT2D eigenvalue weighted by atomic mass is 35.5. The Morgan fingerprint density at radius 3 is 2.52 bits per heavy atom. The molecule has 0 spiro atoms. The minimum absolute atomic E-state index is 0.178. The van der Waals surface area contributed by atoms with Gasteiger partial charge in [-0.1, -0.05) is 41.4 Å². The molecule has 25 heavy (non-hydrogen) atoms. The van der Waals surface area contributed by atoms with Crippen LogP contribution in [0.2, 0.25) is 10.0 Å². The zero-order valence-electron chi connectivity index (χ0n) is 13.8. The quantitative estimate of drug-likeness (QED) is 0.788. The molecule has 0 aromatic heterocycles. The van der Waals surface area contributed by atoms with Crippen LogP contribution in [0, 0.1) is 0 Å². The van der Waals surface area contributed by atoms with Crippen molar-refractivity contribution in [3.63, 3.8) is 0 Å². The SMILES string of the molecule is CC(=O)Nc1ccccc1OCC(=O)N[C@H](C)c1ccc(Cl)c(Cl)c1. The van der Waals surface area contributed by atoms with Gasteiger partial charge in [0.25, 0.3) is 5.91 Å². The molecule has 2 amide bonds. The second-order valence-corrected chi connectivity index (χ2v) is 6.24. The number of anilines is 1. The molecule has 5 nitrogen and oxygen atoms in total. The number of rotatable bonds is 6. The van der Waals surface area contributed by atoms with Gasteiger partial charge in [0.2, 0.25) is 5.91 Å². The Hall–Kier alpha value is -2.24. The van der Waals surface area contributed by atoms with Gasteiger partial charge in [0.15, 0.2) is 6.61 Å². The summed E-state index contributed by atoms with van der Waals surface area (Å²) in [5.41, 5.74) is 1.35. The van der Waals surface area contributed by atoms with Gasteiger partial charge in [-0.25, -0.2) is 0 Å². The molecule has 132 valence electrons. The predicted molar refractivity (Wildman–Crippen MR) is 99.3 cm³/mol. The van der Waals surface area contributed by atoms with E-state index in [2.05, 4.69) is 10.6 Å². The highest BCUT2D eigenvalue weighted by molar-refractivity contribution is 6.42. The lowest BCUT2D eigenvalue weighted by molar-refractivity contribution is -0.123. The molecule has 0 aliphatic rings. The van der Waals surface area contributed by atoms with Crippen molar-refractivity contribution >= 4 is 40.7 Å². The lowest BCUT2D eigenvalue weighted by Crippen LogP contribution is -2.31. The number of halogens is 2. The zero-order valence-corrected chi connectivity index (χ0v) is 15.3. The number of nitrogens with one attached hydrogen (secondary N) is 2. The number of hydrogen-bond acceptors (Lipinski definition) is 3. The predicted octanol–water partition coefficient (Wildman–Crippen LogP) is 4.21. The fraction of sp³-hybridized carbons (Fsp3) is 0.222. The molecule has 2 aromatic carbocycles. The highest BCUT2D eigenvalue weighted by Gasteiger charge is 2.12. The molecule has 0 aliphatic heterocycles. The van der Waals surface area contributed by atoms with E-state index >= 15 is 0 Å². The zero-order chi connectivity index (χ0) is 18.4. The van der Waals surface area contributed by atoms with Crippen LogP contribution < -0.4 is 15.4 Å². The third kappa shape index (κ3) is 5.66. The summed E-state index contributed by atoms with van der Waals surface area (Å²) in [5.74, 6) is -0.0834. The molecule has 0 heterocycles. The number of carbonyl (C=O) groups is 2. The van der Waals surface area contributed by atoms with Crippen molar-refractivity contribution in [1.29, 1.82) is 0 Å². The van der Waals surface area contributed by atoms with Crippen LogP contribution in [0.15, 0.2) is 42.5 Å². The van der Waals surface area contributed by atoms with Gasteiger partial charge in [-0.2, -0.15) is 0 Å². The van der Waals surface area contributed by atoms with E-state index in [0.29, 0.717) is 21.5 Å². The second kappa shape index (κ2) is 8.74. The first-order valence-electron chi connectivity index (χ1n) is 7.60. The first-order chi connectivity index (χ1) is 11.9. The molecular formula is C18H18Cl2N2O3. The summed E-state index contributed by atoms with van der Waals surface area (Å²) in [6.07, 6.45) is 0. The van der Waals surface area contributed by atoms with Crippen molar-refractivity contribution in [3.8, 4) is 5.75 Å². The minimum atomic E-state index is -0.295. The van der Waals surface area contributed by atoms with Crippen LogP contribution in [0.1, 0.15) is 25.5 Å². The Kier molecular flexibility index (Phi) is 6.67. The van der Waals surface area contributed by atoms with E-state index in [1.54, 1.807) is 42.5 Å². The molecule has 2 N–H and O–H groups in total. The minimum Gasteiger partial charge on any atom is -0.482 e. The van der Waals surface area contributed by atoms with Gasteiger partial charge in [0.05, 0.1) is 21.8 Å². The van der Waals surface area contributed by atoms with Gasteiger partial charge >= 0.3 is 0 Å². The molecule has 2 aromatic rings. The van der Waals surface area contributed by atoms with Gasteiger partial charge in [0.1, 0.15) is 5.75 Å². The maximum absolute atomic E-state index is 12.1. The summed E-state index contributed by atoms with van der Waals surface area (Å²) in [4.78, 5) is 23.3. The van der Waals surface area contributed by atoms with Gasteiger partial charge in [0, 0.05) is 6.92 Å². The summed E-state index contributed by atoms with van der Waals surface area (Å²) in [7, 11) is 0. The Bertz CT molecular complexity index is 781. The van der Waals surface area contributed by atoms with Crippen LogP contribution in [-0.4, -0.2) is 18.4 Å². The van der Waals surface area contributed by atoms with E-state index in [1.807, 2.05) is 6.92 Å². The average Bonchev–Trinajstić information content (AvgIpc) is 2.56. The molecular weight excluding hydrogens is 363 g/mol. The Morgan fingerprint density at radius 2 is 1.84 bits per heavy atom. The first-order valence-corrected chi connectivity index (χ1v) is 8.36. The molecule has 0 radical (unpaired) electrons. The molecule has 0 aliphatic carbocycles. The molecule has 0 saturated heterocycles. The van der Waals surface area contributed by atoms with E-state index in [9.17, 15) is 9.59 Å². The molecule has 0 unspecified atom stereocenters. The maximum atomic E-state index is 12.1. The third-order valence-corrected chi connectivity index (χ3v) is 4.12. The van der Waals surface area contributed by atoms with E-state index in [0.717, 1.165) is 5.56 Å². The van der Waals surface area contributed by atoms with Gasteiger partial charge in [-0.05, 0) is 36.8 Å². The Labute approximate surface area is 156 Å². The van der Waals surface area contributed by atoms with E-state index < -0.39 is 0 Å². The second-order valence-electron chi connectivity index (χ2n) is 5.43. The summed E-state index contributed by atoms with van der Waals surface area (Å²) in [6, 6.07) is 11.8. The van der Waals surface area contributed by atoms with Gasteiger partial charge < -0.3 is 15.4 Å². The van der Waals surface area contributed by atoms with E-state index in [4.69, 9.17) is 27.9 Å². The normalized spacial score (nSPS) is 11.5. The lowest BCUT2D eigenvalue weighted by atomic mass is 10.1. The average molecular weight is 381 g/mol. The van der Waals surface area contributed by atoms with Gasteiger partial charge in [-0.3, -0.25) is 9.59 Å². The number of para-hydroxylation sites is 2. The van der Waals surface area contributed by atoms with Crippen molar-refractivity contribution in [2.75, 3.05) is 11.9 Å². The Balaban J connectivity index is 1.94. The van der Waals surface area contributed by atoms with Crippen molar-refractivity contribution < 1.29 is 14.3 Å². The Morgan fingerprint density at radius 1 is 1.12 bits per heavy atom. The van der Waals surface area contributed by atoms with E-state index in [-0.39, 0.29) is 24.5 Å². The lowest BCUT2D eigenvalue weighted by Gasteiger charge is -2.16. The summed E-state index contributed by atoms with van der Waals surface area (Å²) in [5, 5.41) is 6.36. The number of ether oxygens (including phenoxy) is 1. The number of amides is 2. The smallest absolute Gasteiger partial charge is 0.258 e. The number of benzene rings is 2. The van der Waals surface area contributed by atoms with Crippen LogP contribution in [0.25, 0.3) is 0 Å².